The molecule has 2 heterocycles. The molecular formula is C16H20N2OS. The van der Waals surface area contributed by atoms with Crippen LogP contribution in [0.25, 0.3) is 10.1 Å². The molecule has 1 N–H and O–H groups in total. The summed E-state index contributed by atoms with van der Waals surface area (Å²) in [4.78, 5) is 13.1. The van der Waals surface area contributed by atoms with E-state index in [2.05, 4.69) is 34.7 Å². The second-order valence-corrected chi connectivity index (χ2v) is 6.28. The van der Waals surface area contributed by atoms with E-state index in [0.717, 1.165) is 18.6 Å². The maximum absolute atomic E-state index is 10.6. The third-order valence-electron chi connectivity index (χ3n) is 4.30. The minimum atomic E-state index is 0.665. The van der Waals surface area contributed by atoms with E-state index < -0.39 is 0 Å². The molecule has 106 valence electrons. The Kier molecular flexibility index (Phi) is 4.03. The highest BCUT2D eigenvalue weighted by Gasteiger charge is 2.22. The molecule has 0 atom stereocenters. The fourth-order valence-corrected chi connectivity index (χ4v) is 4.11. The first kappa shape index (κ1) is 13.6. The van der Waals surface area contributed by atoms with Crippen LogP contribution >= 0.6 is 11.3 Å². The molecule has 0 bridgehead atoms. The average molecular weight is 288 g/mol. The third kappa shape index (κ3) is 2.58. The van der Waals surface area contributed by atoms with Crippen molar-refractivity contribution < 1.29 is 4.79 Å². The second-order valence-electron chi connectivity index (χ2n) is 5.37. The van der Waals surface area contributed by atoms with Gasteiger partial charge < -0.3 is 10.2 Å². The van der Waals surface area contributed by atoms with Gasteiger partial charge in [0.05, 0.1) is 0 Å². The number of fused-ring (bicyclic) bond motifs is 1. The number of rotatable bonds is 4. The average Bonchev–Trinajstić information content (AvgIpc) is 2.91. The number of thiophene rings is 1. The van der Waals surface area contributed by atoms with Gasteiger partial charge >= 0.3 is 0 Å². The number of nitrogens with one attached hydrogen (secondary N) is 1. The van der Waals surface area contributed by atoms with Gasteiger partial charge in [0.15, 0.2) is 0 Å². The topological polar surface area (TPSA) is 32.3 Å². The first-order chi connectivity index (χ1) is 9.81. The number of hydrogen-bond donors (Lipinski definition) is 1. The molecule has 4 heteroatoms. The van der Waals surface area contributed by atoms with Crippen molar-refractivity contribution in [3.63, 3.8) is 0 Å². The maximum Gasteiger partial charge on any atom is 0.211 e. The second kappa shape index (κ2) is 5.94. The summed E-state index contributed by atoms with van der Waals surface area (Å²) in [5, 5.41) is 6.38. The Hall–Kier alpha value is -1.39. The fourth-order valence-electron chi connectivity index (χ4n) is 3.08. The lowest BCUT2D eigenvalue weighted by Gasteiger charge is -2.31. The summed E-state index contributed by atoms with van der Waals surface area (Å²) in [7, 11) is 0. The molecule has 1 aromatic carbocycles. The van der Waals surface area contributed by atoms with Gasteiger partial charge in [0.25, 0.3) is 0 Å². The van der Waals surface area contributed by atoms with Crippen molar-refractivity contribution in [3.8, 4) is 0 Å². The van der Waals surface area contributed by atoms with Crippen LogP contribution in [0.1, 0.15) is 31.2 Å². The number of carbonyl (C=O) groups excluding carboxylic acids is 1. The SMILES string of the molecule is CCN1CCC(c2csc3ccc(NC=O)cc23)CC1. The molecule has 1 fully saturated rings. The van der Waals surface area contributed by atoms with Crippen LogP contribution in [0.4, 0.5) is 5.69 Å². The van der Waals surface area contributed by atoms with Gasteiger partial charge in [0.1, 0.15) is 0 Å². The predicted molar refractivity (Wildman–Crippen MR) is 85.6 cm³/mol. The number of carbonyl (C=O) groups is 1. The Morgan fingerprint density at radius 2 is 2.20 bits per heavy atom. The monoisotopic (exact) mass is 288 g/mol. The van der Waals surface area contributed by atoms with Crippen LogP contribution in [-0.2, 0) is 4.79 Å². The summed E-state index contributed by atoms with van der Waals surface area (Å²) in [6, 6.07) is 6.19. The lowest BCUT2D eigenvalue weighted by molar-refractivity contribution is -0.105. The molecule has 1 saturated heterocycles. The van der Waals surface area contributed by atoms with Gasteiger partial charge in [0, 0.05) is 10.4 Å². The standard InChI is InChI=1S/C16H20N2OS/c1-2-18-7-5-12(6-8-18)15-10-20-16-4-3-13(17-11-19)9-14(15)16/h3-4,9-12H,2,5-8H2,1H3,(H,17,19). The van der Waals surface area contributed by atoms with Crippen LogP contribution in [0.15, 0.2) is 23.6 Å². The van der Waals surface area contributed by atoms with Gasteiger partial charge in [-0.15, -0.1) is 11.3 Å². The molecule has 3 nitrogen and oxygen atoms in total. The number of benzene rings is 1. The summed E-state index contributed by atoms with van der Waals surface area (Å²) in [5.74, 6) is 0.665. The molecule has 20 heavy (non-hydrogen) atoms. The van der Waals surface area contributed by atoms with Crippen molar-refractivity contribution in [2.24, 2.45) is 0 Å². The van der Waals surface area contributed by atoms with Crippen LogP contribution in [-0.4, -0.2) is 30.9 Å². The minimum absolute atomic E-state index is 0.665. The first-order valence-corrected chi connectivity index (χ1v) is 8.13. The number of likely N-dealkylation sites (tertiary alicyclic amines) is 1. The van der Waals surface area contributed by atoms with Gasteiger partial charge in [-0.05, 0) is 72.9 Å². The molecule has 0 saturated carbocycles. The molecule has 0 spiro atoms. The van der Waals surface area contributed by atoms with E-state index in [1.807, 2.05) is 17.4 Å². The molecule has 0 radical (unpaired) electrons. The quantitative estimate of drug-likeness (QED) is 0.871. The minimum Gasteiger partial charge on any atom is -0.329 e. The van der Waals surface area contributed by atoms with Crippen molar-refractivity contribution in [1.29, 1.82) is 0 Å². The Morgan fingerprint density at radius 1 is 1.40 bits per heavy atom. The highest BCUT2D eigenvalue weighted by atomic mass is 32.1. The lowest BCUT2D eigenvalue weighted by Crippen LogP contribution is -2.32. The van der Waals surface area contributed by atoms with Gasteiger partial charge in [-0.2, -0.15) is 0 Å². The Balaban J connectivity index is 1.87. The van der Waals surface area contributed by atoms with Gasteiger partial charge in [-0.3, -0.25) is 4.79 Å². The molecule has 1 aliphatic heterocycles. The Labute approximate surface area is 123 Å². The fraction of sp³-hybridized carbons (Fsp3) is 0.438. The van der Waals surface area contributed by atoms with Crippen LogP contribution in [0, 0.1) is 0 Å². The zero-order chi connectivity index (χ0) is 13.9. The number of anilines is 1. The van der Waals surface area contributed by atoms with E-state index in [4.69, 9.17) is 0 Å². The molecular weight excluding hydrogens is 268 g/mol. The van der Waals surface area contributed by atoms with Crippen LogP contribution in [0.3, 0.4) is 0 Å². The molecule has 1 aromatic heterocycles. The van der Waals surface area contributed by atoms with Crippen molar-refractivity contribution in [2.45, 2.75) is 25.7 Å². The van der Waals surface area contributed by atoms with E-state index in [1.54, 1.807) is 0 Å². The summed E-state index contributed by atoms with van der Waals surface area (Å²) in [6.45, 7) is 5.79. The smallest absolute Gasteiger partial charge is 0.211 e. The lowest BCUT2D eigenvalue weighted by atomic mass is 9.89. The highest BCUT2D eigenvalue weighted by molar-refractivity contribution is 7.17. The molecule has 3 rings (SSSR count). The summed E-state index contributed by atoms with van der Waals surface area (Å²) >= 11 is 1.81. The predicted octanol–water partition coefficient (Wildman–Crippen LogP) is 3.67. The molecule has 1 amide bonds. The summed E-state index contributed by atoms with van der Waals surface area (Å²) in [6.07, 6.45) is 3.23. The van der Waals surface area contributed by atoms with Gasteiger partial charge in [0.2, 0.25) is 6.41 Å². The van der Waals surface area contributed by atoms with E-state index in [1.165, 1.54) is 41.6 Å². The number of nitrogens with zero attached hydrogens (tertiary/aromatic N) is 1. The zero-order valence-electron chi connectivity index (χ0n) is 11.8. The Morgan fingerprint density at radius 3 is 2.90 bits per heavy atom. The van der Waals surface area contributed by atoms with Crippen LogP contribution in [0.5, 0.6) is 0 Å². The number of hydrogen-bond acceptors (Lipinski definition) is 3. The third-order valence-corrected chi connectivity index (χ3v) is 5.29. The molecule has 0 aliphatic carbocycles. The van der Waals surface area contributed by atoms with Crippen LogP contribution in [0.2, 0.25) is 0 Å². The van der Waals surface area contributed by atoms with Crippen molar-refractivity contribution in [3.05, 3.63) is 29.1 Å². The number of amides is 1. The largest absolute Gasteiger partial charge is 0.329 e. The van der Waals surface area contributed by atoms with Gasteiger partial charge in [-0.1, -0.05) is 6.92 Å². The van der Waals surface area contributed by atoms with E-state index >= 15 is 0 Å². The molecule has 2 aromatic rings. The van der Waals surface area contributed by atoms with E-state index in [-0.39, 0.29) is 0 Å². The van der Waals surface area contributed by atoms with Crippen molar-refractivity contribution in [2.75, 3.05) is 25.0 Å². The summed E-state index contributed by atoms with van der Waals surface area (Å²) < 4.78 is 1.31. The van der Waals surface area contributed by atoms with Gasteiger partial charge in [-0.25, -0.2) is 0 Å². The Bertz CT molecular complexity index is 600. The highest BCUT2D eigenvalue weighted by Crippen LogP contribution is 2.37. The first-order valence-electron chi connectivity index (χ1n) is 7.25. The molecule has 1 aliphatic rings. The van der Waals surface area contributed by atoms with Crippen LogP contribution < -0.4 is 5.32 Å². The van der Waals surface area contributed by atoms with E-state index in [0.29, 0.717) is 5.92 Å². The molecule has 0 unspecified atom stereocenters. The summed E-state index contributed by atoms with van der Waals surface area (Å²) in [5.41, 5.74) is 2.36. The zero-order valence-corrected chi connectivity index (χ0v) is 12.6. The maximum atomic E-state index is 10.6. The van der Waals surface area contributed by atoms with Crippen molar-refractivity contribution >= 4 is 33.5 Å². The number of piperidine rings is 1. The van der Waals surface area contributed by atoms with Crippen molar-refractivity contribution in [1.82, 2.24) is 4.90 Å². The van der Waals surface area contributed by atoms with E-state index in [9.17, 15) is 4.79 Å². The normalized spacial score (nSPS) is 17.4.